The van der Waals surface area contributed by atoms with E-state index in [2.05, 4.69) is 15.2 Å². The van der Waals surface area contributed by atoms with Crippen molar-refractivity contribution in [3.8, 4) is 5.75 Å². The number of nitrogens with zero attached hydrogens (tertiary/aromatic N) is 2. The van der Waals surface area contributed by atoms with Crippen molar-refractivity contribution in [1.29, 1.82) is 0 Å². The fourth-order valence-corrected chi connectivity index (χ4v) is 3.93. The summed E-state index contributed by atoms with van der Waals surface area (Å²) < 4.78 is 5.12. The average Bonchev–Trinajstić information content (AvgIpc) is 3.27. The van der Waals surface area contributed by atoms with Crippen molar-refractivity contribution >= 4 is 17.5 Å². The van der Waals surface area contributed by atoms with Crippen LogP contribution >= 0.6 is 11.8 Å². The Bertz CT molecular complexity index is 678. The van der Waals surface area contributed by atoms with Crippen molar-refractivity contribution in [3.63, 3.8) is 0 Å². The number of aromatic nitrogens is 3. The van der Waals surface area contributed by atoms with E-state index in [4.69, 9.17) is 4.74 Å². The molecule has 1 aromatic heterocycles. The maximum absolute atomic E-state index is 12.5. The summed E-state index contributed by atoms with van der Waals surface area (Å²) in [6, 6.07) is 7.19. The molecular weight excluding hydrogens is 322 g/mol. The van der Waals surface area contributed by atoms with Gasteiger partial charge in [-0.05, 0) is 37.1 Å². The van der Waals surface area contributed by atoms with Crippen LogP contribution in [0.1, 0.15) is 48.8 Å². The number of H-pyrrole nitrogens is 1. The summed E-state index contributed by atoms with van der Waals surface area (Å²) in [7, 11) is 1.61. The molecule has 1 aliphatic carbocycles. The summed E-state index contributed by atoms with van der Waals surface area (Å²) in [6.45, 7) is 1.89. The van der Waals surface area contributed by atoms with Gasteiger partial charge in [-0.3, -0.25) is 9.89 Å². The van der Waals surface area contributed by atoms with Crippen LogP contribution in [0.4, 0.5) is 0 Å². The normalized spacial score (nSPS) is 16.2. The molecule has 1 aromatic carbocycles. The highest BCUT2D eigenvalue weighted by molar-refractivity contribution is 8.00. The number of hydrogen-bond acceptors (Lipinski definition) is 5. The van der Waals surface area contributed by atoms with Crippen molar-refractivity contribution in [2.45, 2.75) is 49.4 Å². The van der Waals surface area contributed by atoms with Gasteiger partial charge in [0, 0.05) is 12.0 Å². The summed E-state index contributed by atoms with van der Waals surface area (Å²) in [6.07, 6.45) is 6.20. The van der Waals surface area contributed by atoms with E-state index in [0.29, 0.717) is 10.7 Å². The lowest BCUT2D eigenvalue weighted by Crippen LogP contribution is -2.13. The van der Waals surface area contributed by atoms with E-state index in [0.717, 1.165) is 23.9 Å². The first-order chi connectivity index (χ1) is 11.7. The molecule has 1 fully saturated rings. The van der Waals surface area contributed by atoms with Crippen LogP contribution < -0.4 is 4.74 Å². The number of carbonyl (C=O) groups is 1. The molecule has 5 nitrogen and oxygen atoms in total. The highest BCUT2D eigenvalue weighted by Crippen LogP contribution is 2.28. The van der Waals surface area contributed by atoms with Crippen LogP contribution in [-0.2, 0) is 6.42 Å². The molecule has 1 heterocycles. The van der Waals surface area contributed by atoms with Crippen LogP contribution in [-0.4, -0.2) is 33.3 Å². The van der Waals surface area contributed by atoms with Crippen LogP contribution in [0.25, 0.3) is 0 Å². The van der Waals surface area contributed by atoms with Gasteiger partial charge in [0.05, 0.1) is 12.4 Å². The zero-order valence-electron chi connectivity index (χ0n) is 14.1. The predicted molar refractivity (Wildman–Crippen MR) is 94.7 cm³/mol. The number of hydrogen-bond donors (Lipinski definition) is 1. The molecule has 0 unspecified atom stereocenters. The number of benzene rings is 1. The van der Waals surface area contributed by atoms with E-state index in [1.54, 1.807) is 31.4 Å². The van der Waals surface area contributed by atoms with Gasteiger partial charge in [-0.1, -0.05) is 37.4 Å². The smallest absolute Gasteiger partial charge is 0.209 e. The lowest BCUT2D eigenvalue weighted by atomic mass is 10.0. The molecule has 1 atom stereocenters. The van der Waals surface area contributed by atoms with Crippen molar-refractivity contribution in [3.05, 3.63) is 35.7 Å². The van der Waals surface area contributed by atoms with E-state index in [1.165, 1.54) is 37.4 Å². The molecule has 24 heavy (non-hydrogen) atoms. The lowest BCUT2D eigenvalue weighted by Gasteiger charge is -2.08. The Hall–Kier alpha value is -1.82. The SMILES string of the molecule is COc1ccc(C(=O)[C@H](C)Sc2n[nH]c(CC3CCCC3)n2)cc1. The molecule has 2 aromatic rings. The van der Waals surface area contributed by atoms with E-state index < -0.39 is 0 Å². The van der Waals surface area contributed by atoms with Crippen molar-refractivity contribution in [2.24, 2.45) is 5.92 Å². The molecule has 0 saturated heterocycles. The Kier molecular flexibility index (Phi) is 5.56. The highest BCUT2D eigenvalue weighted by atomic mass is 32.2. The molecule has 0 amide bonds. The van der Waals surface area contributed by atoms with Crippen LogP contribution in [0.3, 0.4) is 0 Å². The van der Waals surface area contributed by atoms with Gasteiger partial charge in [-0.25, -0.2) is 4.98 Å². The summed E-state index contributed by atoms with van der Waals surface area (Å²) in [5.74, 6) is 2.49. The van der Waals surface area contributed by atoms with Gasteiger partial charge >= 0.3 is 0 Å². The Balaban J connectivity index is 1.58. The van der Waals surface area contributed by atoms with Crippen molar-refractivity contribution < 1.29 is 9.53 Å². The van der Waals surface area contributed by atoms with Crippen LogP contribution in [0.5, 0.6) is 5.75 Å². The molecule has 128 valence electrons. The molecule has 1 N–H and O–H groups in total. The van der Waals surface area contributed by atoms with Crippen molar-refractivity contribution in [2.75, 3.05) is 7.11 Å². The minimum atomic E-state index is -0.228. The number of Topliss-reactive ketones (excluding diaryl/α,β-unsaturated/α-hetero) is 1. The number of aromatic amines is 1. The number of rotatable bonds is 7. The maximum atomic E-state index is 12.5. The van der Waals surface area contributed by atoms with Gasteiger partial charge in [-0.2, -0.15) is 0 Å². The second kappa shape index (κ2) is 7.83. The van der Waals surface area contributed by atoms with Gasteiger partial charge < -0.3 is 4.74 Å². The number of ether oxygens (including phenoxy) is 1. The van der Waals surface area contributed by atoms with Gasteiger partial charge in [0.15, 0.2) is 5.78 Å². The zero-order valence-corrected chi connectivity index (χ0v) is 14.9. The Morgan fingerprint density at radius 2 is 2.04 bits per heavy atom. The number of methoxy groups -OCH3 is 1. The predicted octanol–water partition coefficient (Wildman–Crippen LogP) is 3.91. The standard InChI is InChI=1S/C18H23N3O2S/c1-12(17(22)14-7-9-15(23-2)10-8-14)24-18-19-16(20-21-18)11-13-5-3-4-6-13/h7-10,12-13H,3-6,11H2,1-2H3,(H,19,20,21)/t12-/m0/s1. The fourth-order valence-electron chi connectivity index (χ4n) is 3.11. The van der Waals surface area contributed by atoms with E-state index in [-0.39, 0.29) is 11.0 Å². The second-order valence-corrected chi connectivity index (χ2v) is 7.58. The molecule has 0 aliphatic heterocycles. The lowest BCUT2D eigenvalue weighted by molar-refractivity contribution is 0.0994. The first kappa shape index (κ1) is 17.0. The molecule has 1 saturated carbocycles. The Morgan fingerprint density at radius 3 is 2.71 bits per heavy atom. The van der Waals surface area contributed by atoms with Gasteiger partial charge in [0.2, 0.25) is 5.16 Å². The first-order valence-electron chi connectivity index (χ1n) is 8.42. The largest absolute Gasteiger partial charge is 0.497 e. The number of thioether (sulfide) groups is 1. The quantitative estimate of drug-likeness (QED) is 0.609. The summed E-state index contributed by atoms with van der Waals surface area (Å²) >= 11 is 1.40. The Labute approximate surface area is 146 Å². The van der Waals surface area contributed by atoms with Gasteiger partial charge in [-0.15, -0.1) is 5.10 Å². The molecule has 0 bridgehead atoms. The topological polar surface area (TPSA) is 67.9 Å². The average molecular weight is 345 g/mol. The third-order valence-electron chi connectivity index (χ3n) is 4.49. The third kappa shape index (κ3) is 4.17. The fraction of sp³-hybridized carbons (Fsp3) is 0.500. The molecular formula is C18H23N3O2S. The molecule has 6 heteroatoms. The molecule has 0 spiro atoms. The zero-order chi connectivity index (χ0) is 16.9. The number of ketones is 1. The minimum absolute atomic E-state index is 0.0739. The van der Waals surface area contributed by atoms with Gasteiger partial charge in [0.25, 0.3) is 0 Å². The number of nitrogens with one attached hydrogen (secondary N) is 1. The summed E-state index contributed by atoms with van der Waals surface area (Å²) in [5.41, 5.74) is 0.678. The van der Waals surface area contributed by atoms with Gasteiger partial charge in [0.1, 0.15) is 11.6 Å². The molecule has 1 aliphatic rings. The van der Waals surface area contributed by atoms with Crippen LogP contribution in [0.2, 0.25) is 0 Å². The second-order valence-electron chi connectivity index (χ2n) is 6.27. The van der Waals surface area contributed by atoms with Crippen molar-refractivity contribution in [1.82, 2.24) is 15.2 Å². The van der Waals surface area contributed by atoms with E-state index >= 15 is 0 Å². The maximum Gasteiger partial charge on any atom is 0.209 e. The number of carbonyl (C=O) groups excluding carboxylic acids is 1. The molecule has 3 rings (SSSR count). The van der Waals surface area contributed by atoms with Crippen LogP contribution in [0, 0.1) is 5.92 Å². The Morgan fingerprint density at radius 1 is 1.33 bits per heavy atom. The monoisotopic (exact) mass is 345 g/mol. The summed E-state index contributed by atoms with van der Waals surface area (Å²) in [4.78, 5) is 17.0. The highest BCUT2D eigenvalue weighted by Gasteiger charge is 2.20. The minimum Gasteiger partial charge on any atom is -0.497 e. The van der Waals surface area contributed by atoms with E-state index in [1.807, 2.05) is 6.92 Å². The van der Waals surface area contributed by atoms with E-state index in [9.17, 15) is 4.79 Å². The molecule has 0 radical (unpaired) electrons. The third-order valence-corrected chi connectivity index (χ3v) is 5.45. The summed E-state index contributed by atoms with van der Waals surface area (Å²) in [5, 5.41) is 7.70. The first-order valence-corrected chi connectivity index (χ1v) is 9.30. The van der Waals surface area contributed by atoms with Crippen LogP contribution in [0.15, 0.2) is 29.4 Å².